The number of rotatable bonds is 4. The topological polar surface area (TPSA) is 63.6 Å². The van der Waals surface area contributed by atoms with E-state index in [0.29, 0.717) is 12.2 Å². The summed E-state index contributed by atoms with van der Waals surface area (Å²) in [5.41, 5.74) is 0.551. The van der Waals surface area contributed by atoms with Crippen molar-refractivity contribution in [3.05, 3.63) is 29.3 Å². The Labute approximate surface area is 106 Å². The third kappa shape index (κ3) is 2.37. The zero-order chi connectivity index (χ0) is 13.3. The molecule has 96 valence electrons. The van der Waals surface area contributed by atoms with E-state index in [0.717, 1.165) is 17.7 Å². The van der Waals surface area contributed by atoms with Gasteiger partial charge in [-0.2, -0.15) is 0 Å². The van der Waals surface area contributed by atoms with Crippen molar-refractivity contribution in [1.82, 2.24) is 0 Å². The number of aliphatic carboxylic acids is 1. The van der Waals surface area contributed by atoms with Gasteiger partial charge in [-0.3, -0.25) is 9.59 Å². The average molecular weight is 248 g/mol. The second-order valence-corrected chi connectivity index (χ2v) is 5.21. The number of benzene rings is 1. The number of hydrogen-bond donors (Lipinski definition) is 1. The second-order valence-electron chi connectivity index (χ2n) is 5.21. The van der Waals surface area contributed by atoms with Crippen LogP contribution in [-0.4, -0.2) is 23.5 Å². The fourth-order valence-corrected chi connectivity index (χ4v) is 1.94. The van der Waals surface area contributed by atoms with Gasteiger partial charge in [-0.25, -0.2) is 0 Å². The minimum absolute atomic E-state index is 0.00196. The van der Waals surface area contributed by atoms with E-state index in [1.165, 1.54) is 0 Å². The first-order chi connectivity index (χ1) is 8.40. The minimum atomic E-state index is -1.04. The van der Waals surface area contributed by atoms with Crippen molar-refractivity contribution in [3.8, 4) is 5.75 Å². The number of ketones is 1. The summed E-state index contributed by atoms with van der Waals surface area (Å²) in [6, 6.07) is 5.29. The molecule has 0 radical (unpaired) electrons. The monoisotopic (exact) mass is 248 g/mol. The predicted octanol–water partition coefficient (Wildman–Crippen LogP) is 2.31. The predicted molar refractivity (Wildman–Crippen MR) is 66.0 cm³/mol. The van der Waals surface area contributed by atoms with Crippen LogP contribution in [0.3, 0.4) is 0 Å². The molecule has 1 aromatic carbocycles. The summed E-state index contributed by atoms with van der Waals surface area (Å²) in [6.45, 7) is 3.76. The normalized spacial score (nSPS) is 13.9. The maximum atomic E-state index is 12.1. The Hall–Kier alpha value is -1.84. The SMILES string of the molecule is CC(C)(CC(=O)c1ccc2c(c1)CCO2)C(=O)O. The van der Waals surface area contributed by atoms with Crippen molar-refractivity contribution < 1.29 is 19.4 Å². The van der Waals surface area contributed by atoms with Crippen LogP contribution in [0.2, 0.25) is 0 Å². The van der Waals surface area contributed by atoms with E-state index in [1.54, 1.807) is 26.0 Å². The quantitative estimate of drug-likeness (QED) is 0.830. The van der Waals surface area contributed by atoms with Gasteiger partial charge in [0, 0.05) is 18.4 Å². The molecule has 0 unspecified atom stereocenters. The second kappa shape index (κ2) is 4.44. The van der Waals surface area contributed by atoms with Gasteiger partial charge in [0.1, 0.15) is 5.75 Å². The van der Waals surface area contributed by atoms with Gasteiger partial charge in [0.2, 0.25) is 0 Å². The fourth-order valence-electron chi connectivity index (χ4n) is 1.94. The maximum absolute atomic E-state index is 12.1. The van der Waals surface area contributed by atoms with E-state index in [2.05, 4.69) is 0 Å². The smallest absolute Gasteiger partial charge is 0.309 e. The van der Waals surface area contributed by atoms with Gasteiger partial charge in [0.25, 0.3) is 0 Å². The van der Waals surface area contributed by atoms with Crippen molar-refractivity contribution in [3.63, 3.8) is 0 Å². The van der Waals surface area contributed by atoms with Crippen molar-refractivity contribution >= 4 is 11.8 Å². The lowest BCUT2D eigenvalue weighted by atomic mass is 9.85. The summed E-state index contributed by atoms with van der Waals surface area (Å²) < 4.78 is 5.37. The third-order valence-electron chi connectivity index (χ3n) is 3.19. The van der Waals surface area contributed by atoms with Crippen LogP contribution >= 0.6 is 0 Å². The Morgan fingerprint density at radius 3 is 2.78 bits per heavy atom. The molecule has 1 N–H and O–H groups in total. The van der Waals surface area contributed by atoms with Crippen LogP contribution < -0.4 is 4.74 Å². The standard InChI is InChI=1S/C14H16O4/c1-14(2,13(16)17)8-11(15)9-3-4-12-10(7-9)5-6-18-12/h3-4,7H,5-6,8H2,1-2H3,(H,16,17). The van der Waals surface area contributed by atoms with Gasteiger partial charge in [0.05, 0.1) is 12.0 Å². The molecule has 1 aromatic rings. The van der Waals surface area contributed by atoms with E-state index in [-0.39, 0.29) is 12.2 Å². The first-order valence-electron chi connectivity index (χ1n) is 5.92. The van der Waals surface area contributed by atoms with Gasteiger partial charge >= 0.3 is 5.97 Å². The molecular weight excluding hydrogens is 232 g/mol. The van der Waals surface area contributed by atoms with Crippen LogP contribution in [0.4, 0.5) is 0 Å². The molecule has 18 heavy (non-hydrogen) atoms. The largest absolute Gasteiger partial charge is 0.493 e. The number of Topliss-reactive ketones (excluding diaryl/α,β-unsaturated/α-hetero) is 1. The first kappa shape index (κ1) is 12.6. The molecule has 1 aliphatic rings. The van der Waals surface area contributed by atoms with Crippen LogP contribution in [0.1, 0.15) is 36.2 Å². The molecule has 0 amide bonds. The maximum Gasteiger partial charge on any atom is 0.309 e. The summed E-state index contributed by atoms with van der Waals surface area (Å²) in [6.07, 6.45) is 0.806. The van der Waals surface area contributed by atoms with Gasteiger partial charge in [-0.15, -0.1) is 0 Å². The molecule has 0 saturated carbocycles. The number of fused-ring (bicyclic) bond motifs is 1. The molecule has 2 rings (SSSR count). The lowest BCUT2D eigenvalue weighted by Crippen LogP contribution is -2.26. The van der Waals surface area contributed by atoms with E-state index >= 15 is 0 Å². The lowest BCUT2D eigenvalue weighted by Gasteiger charge is -2.17. The summed E-state index contributed by atoms with van der Waals surface area (Å²) in [4.78, 5) is 23.1. The molecule has 4 nitrogen and oxygen atoms in total. The average Bonchev–Trinajstić information content (AvgIpc) is 2.74. The summed E-state index contributed by atoms with van der Waals surface area (Å²) in [5, 5.41) is 9.02. The number of ether oxygens (including phenoxy) is 1. The van der Waals surface area contributed by atoms with E-state index in [1.807, 2.05) is 6.07 Å². The highest BCUT2D eigenvalue weighted by Crippen LogP contribution is 2.28. The number of hydrogen-bond acceptors (Lipinski definition) is 3. The first-order valence-corrected chi connectivity index (χ1v) is 5.92. The van der Waals surface area contributed by atoms with E-state index < -0.39 is 11.4 Å². The Morgan fingerprint density at radius 1 is 1.39 bits per heavy atom. The fraction of sp³-hybridized carbons (Fsp3) is 0.429. The lowest BCUT2D eigenvalue weighted by molar-refractivity contribution is -0.146. The zero-order valence-corrected chi connectivity index (χ0v) is 10.5. The molecule has 1 heterocycles. The highest BCUT2D eigenvalue weighted by Gasteiger charge is 2.30. The molecule has 0 fully saturated rings. The van der Waals surface area contributed by atoms with Crippen LogP contribution in [0, 0.1) is 5.41 Å². The minimum Gasteiger partial charge on any atom is -0.493 e. The van der Waals surface area contributed by atoms with Gasteiger partial charge < -0.3 is 9.84 Å². The van der Waals surface area contributed by atoms with Crippen molar-refractivity contribution in [1.29, 1.82) is 0 Å². The van der Waals surface area contributed by atoms with Gasteiger partial charge in [-0.05, 0) is 37.6 Å². The van der Waals surface area contributed by atoms with Gasteiger partial charge in [-0.1, -0.05) is 0 Å². The number of carbonyl (C=O) groups excluding carboxylic acids is 1. The molecule has 4 heteroatoms. The van der Waals surface area contributed by atoms with E-state index in [9.17, 15) is 9.59 Å². The summed E-state index contributed by atoms with van der Waals surface area (Å²) in [5.74, 6) is -0.276. The molecule has 0 atom stereocenters. The van der Waals surface area contributed by atoms with Crippen molar-refractivity contribution in [2.45, 2.75) is 26.7 Å². The molecule has 0 spiro atoms. The van der Waals surface area contributed by atoms with Gasteiger partial charge in [0.15, 0.2) is 5.78 Å². The van der Waals surface area contributed by atoms with Crippen LogP contribution in [0.15, 0.2) is 18.2 Å². The molecule has 1 aliphatic heterocycles. The third-order valence-corrected chi connectivity index (χ3v) is 3.19. The number of carboxylic acids is 1. The number of carboxylic acid groups (broad SMARTS) is 1. The van der Waals surface area contributed by atoms with Crippen LogP contribution in [0.5, 0.6) is 5.75 Å². The molecule has 0 aliphatic carbocycles. The Balaban J connectivity index is 2.17. The Kier molecular flexibility index (Phi) is 3.11. The Bertz CT molecular complexity index is 503. The van der Waals surface area contributed by atoms with Crippen molar-refractivity contribution in [2.75, 3.05) is 6.61 Å². The van der Waals surface area contributed by atoms with Crippen molar-refractivity contribution in [2.24, 2.45) is 5.41 Å². The molecular formula is C14H16O4. The highest BCUT2D eigenvalue weighted by atomic mass is 16.5. The molecule has 0 bridgehead atoms. The number of carbonyl (C=O) groups is 2. The van der Waals surface area contributed by atoms with E-state index in [4.69, 9.17) is 9.84 Å². The molecule has 0 saturated heterocycles. The molecule has 0 aromatic heterocycles. The summed E-state index contributed by atoms with van der Waals surface area (Å²) in [7, 11) is 0. The highest BCUT2D eigenvalue weighted by molar-refractivity contribution is 5.99. The van der Waals surface area contributed by atoms with Crippen LogP contribution in [-0.2, 0) is 11.2 Å². The van der Waals surface area contributed by atoms with Crippen LogP contribution in [0.25, 0.3) is 0 Å². The Morgan fingerprint density at radius 2 is 2.11 bits per heavy atom. The summed E-state index contributed by atoms with van der Waals surface area (Å²) >= 11 is 0. The zero-order valence-electron chi connectivity index (χ0n) is 10.5.